The molecule has 0 spiro atoms. The number of carbonyl (C=O) groups excluding carboxylic acids is 3. The van der Waals surface area contributed by atoms with Crippen LogP contribution in [0.3, 0.4) is 0 Å². The Morgan fingerprint density at radius 2 is 2.07 bits per heavy atom. The molecule has 1 saturated heterocycles. The van der Waals surface area contributed by atoms with Gasteiger partial charge in [0.15, 0.2) is 0 Å². The number of nitrogens with one attached hydrogen (secondary N) is 2. The van der Waals surface area contributed by atoms with E-state index in [1.165, 1.54) is 5.32 Å². The summed E-state index contributed by atoms with van der Waals surface area (Å²) >= 11 is 0. The summed E-state index contributed by atoms with van der Waals surface area (Å²) in [6, 6.07) is -1.13. The van der Waals surface area contributed by atoms with Crippen LogP contribution in [0.25, 0.3) is 0 Å². The van der Waals surface area contributed by atoms with E-state index in [1.54, 1.807) is 5.32 Å². The lowest BCUT2D eigenvalue weighted by Crippen LogP contribution is -2.66. The number of hydrogen-bond acceptors (Lipinski definition) is 4. The minimum Gasteiger partial charge on any atom is -0.435 e. The topological polar surface area (TPSA) is 84.5 Å². The van der Waals surface area contributed by atoms with Crippen molar-refractivity contribution < 1.29 is 27.9 Å². The Balaban J connectivity index is 2.84. The van der Waals surface area contributed by atoms with Crippen LogP contribution in [-0.4, -0.2) is 30.1 Å². The number of carbonyl (C=O) groups is 3. The molecule has 2 N–H and O–H groups in total. The van der Waals surface area contributed by atoms with Crippen LogP contribution in [0, 0.1) is 0 Å². The summed E-state index contributed by atoms with van der Waals surface area (Å²) in [5.41, 5.74) is 0. The molecule has 0 aliphatic carbocycles. The Kier molecular flexibility index (Phi) is 2.37. The van der Waals surface area contributed by atoms with Gasteiger partial charge in [-0.05, 0) is 0 Å². The highest BCUT2D eigenvalue weighted by molar-refractivity contribution is 6.01. The van der Waals surface area contributed by atoms with Crippen LogP contribution in [0.1, 0.15) is 6.92 Å². The van der Waals surface area contributed by atoms with E-state index in [4.69, 9.17) is 0 Å². The van der Waals surface area contributed by atoms with E-state index < -0.39 is 30.1 Å². The molecule has 1 heterocycles. The molecular formula is C6H6F2N2O4. The average Bonchev–Trinajstić information content (AvgIpc) is 1.99. The molecule has 14 heavy (non-hydrogen) atoms. The molecule has 1 unspecified atom stereocenters. The number of esters is 1. The molecule has 3 amide bonds. The molecule has 8 heteroatoms. The number of imide groups is 1. The first kappa shape index (κ1) is 10.4. The molecule has 0 radical (unpaired) electrons. The van der Waals surface area contributed by atoms with Gasteiger partial charge in [0.1, 0.15) is 0 Å². The number of halogens is 2. The van der Waals surface area contributed by atoms with Gasteiger partial charge in [0.05, 0.1) is 0 Å². The molecule has 1 atom stereocenters. The molecule has 78 valence electrons. The van der Waals surface area contributed by atoms with Gasteiger partial charge in [0, 0.05) is 6.92 Å². The van der Waals surface area contributed by atoms with E-state index in [0.29, 0.717) is 0 Å². The van der Waals surface area contributed by atoms with Crippen LogP contribution in [0.4, 0.5) is 13.6 Å². The van der Waals surface area contributed by atoms with Crippen molar-refractivity contribution in [3.8, 4) is 0 Å². The molecule has 0 aromatic heterocycles. The van der Waals surface area contributed by atoms with Crippen LogP contribution < -0.4 is 10.6 Å². The highest BCUT2D eigenvalue weighted by atomic mass is 19.3. The Hall–Kier alpha value is -1.73. The standard InChI is InChI=1S/C6H6F2N2O4/c1-2(11)14-4-6(7,8)3(12)9-5(13)10-4/h4H,1H3,(H2,9,10,12,13). The molecule has 0 aromatic rings. The van der Waals surface area contributed by atoms with Crippen molar-refractivity contribution in [1.29, 1.82) is 0 Å². The molecule has 1 rings (SSSR count). The van der Waals surface area contributed by atoms with E-state index >= 15 is 0 Å². The predicted molar refractivity (Wildman–Crippen MR) is 37.2 cm³/mol. The van der Waals surface area contributed by atoms with Gasteiger partial charge in [-0.3, -0.25) is 20.2 Å². The summed E-state index contributed by atoms with van der Waals surface area (Å²) in [7, 11) is 0. The van der Waals surface area contributed by atoms with Gasteiger partial charge in [-0.15, -0.1) is 0 Å². The zero-order valence-electron chi connectivity index (χ0n) is 6.97. The molecular weight excluding hydrogens is 202 g/mol. The van der Waals surface area contributed by atoms with Gasteiger partial charge in [0.2, 0.25) is 6.23 Å². The maximum absolute atomic E-state index is 12.9. The highest BCUT2D eigenvalue weighted by Gasteiger charge is 2.54. The average molecular weight is 208 g/mol. The second-order valence-corrected chi connectivity index (χ2v) is 2.54. The smallest absolute Gasteiger partial charge is 0.379 e. The quantitative estimate of drug-likeness (QED) is 0.561. The van der Waals surface area contributed by atoms with Crippen LogP contribution in [0.5, 0.6) is 0 Å². The van der Waals surface area contributed by atoms with Crippen molar-refractivity contribution in [3.63, 3.8) is 0 Å². The monoisotopic (exact) mass is 208 g/mol. The zero-order chi connectivity index (χ0) is 10.9. The number of rotatable bonds is 1. The Morgan fingerprint density at radius 1 is 1.50 bits per heavy atom. The first-order valence-electron chi connectivity index (χ1n) is 3.51. The SMILES string of the molecule is CC(=O)OC1NC(=O)NC(=O)C1(F)F. The lowest BCUT2D eigenvalue weighted by atomic mass is 10.2. The summed E-state index contributed by atoms with van der Waals surface area (Å²) in [5, 5.41) is 2.95. The summed E-state index contributed by atoms with van der Waals surface area (Å²) in [6.07, 6.45) is -2.25. The first-order valence-corrected chi connectivity index (χ1v) is 3.51. The van der Waals surface area contributed by atoms with Crippen LogP contribution in [0.2, 0.25) is 0 Å². The molecule has 6 nitrogen and oxygen atoms in total. The van der Waals surface area contributed by atoms with E-state index in [1.807, 2.05) is 0 Å². The number of urea groups is 1. The largest absolute Gasteiger partial charge is 0.435 e. The van der Waals surface area contributed by atoms with Crippen molar-refractivity contribution in [2.45, 2.75) is 19.1 Å². The van der Waals surface area contributed by atoms with Crippen molar-refractivity contribution in [3.05, 3.63) is 0 Å². The van der Waals surface area contributed by atoms with Gasteiger partial charge >= 0.3 is 23.8 Å². The zero-order valence-corrected chi connectivity index (χ0v) is 6.97. The normalized spacial score (nSPS) is 24.9. The summed E-state index contributed by atoms with van der Waals surface area (Å²) in [4.78, 5) is 31.6. The van der Waals surface area contributed by atoms with E-state index in [9.17, 15) is 23.2 Å². The summed E-state index contributed by atoms with van der Waals surface area (Å²) in [6.45, 7) is 0.884. The van der Waals surface area contributed by atoms with Crippen LogP contribution in [-0.2, 0) is 14.3 Å². The highest BCUT2D eigenvalue weighted by Crippen LogP contribution is 2.22. The summed E-state index contributed by atoms with van der Waals surface area (Å²) < 4.78 is 29.8. The second kappa shape index (κ2) is 3.20. The lowest BCUT2D eigenvalue weighted by Gasteiger charge is -2.29. The lowest BCUT2D eigenvalue weighted by molar-refractivity contribution is -0.185. The van der Waals surface area contributed by atoms with Crippen LogP contribution >= 0.6 is 0 Å². The Bertz CT molecular complexity index is 302. The van der Waals surface area contributed by atoms with Crippen LogP contribution in [0.15, 0.2) is 0 Å². The Morgan fingerprint density at radius 3 is 2.57 bits per heavy atom. The Labute approximate surface area is 76.6 Å². The van der Waals surface area contributed by atoms with Crippen molar-refractivity contribution in [2.75, 3.05) is 0 Å². The second-order valence-electron chi connectivity index (χ2n) is 2.54. The molecule has 0 saturated carbocycles. The molecule has 0 bridgehead atoms. The van der Waals surface area contributed by atoms with Gasteiger partial charge in [-0.1, -0.05) is 0 Å². The molecule has 1 aliphatic rings. The van der Waals surface area contributed by atoms with Gasteiger partial charge in [-0.2, -0.15) is 8.78 Å². The minimum atomic E-state index is -3.96. The molecule has 1 aliphatic heterocycles. The number of ether oxygens (including phenoxy) is 1. The third-order valence-electron chi connectivity index (χ3n) is 1.41. The maximum atomic E-state index is 12.9. The van der Waals surface area contributed by atoms with E-state index in [-0.39, 0.29) is 0 Å². The number of amides is 3. The fourth-order valence-electron chi connectivity index (χ4n) is 0.821. The first-order chi connectivity index (χ1) is 6.34. The van der Waals surface area contributed by atoms with Gasteiger partial charge in [0.25, 0.3) is 0 Å². The van der Waals surface area contributed by atoms with Gasteiger partial charge < -0.3 is 4.74 Å². The minimum absolute atomic E-state index is 0.884. The van der Waals surface area contributed by atoms with Crippen molar-refractivity contribution in [2.24, 2.45) is 0 Å². The van der Waals surface area contributed by atoms with E-state index in [0.717, 1.165) is 6.92 Å². The number of alkyl halides is 2. The molecule has 1 fully saturated rings. The third-order valence-corrected chi connectivity index (χ3v) is 1.41. The molecule has 0 aromatic carbocycles. The van der Waals surface area contributed by atoms with E-state index in [2.05, 4.69) is 4.74 Å². The fourth-order valence-corrected chi connectivity index (χ4v) is 0.821. The van der Waals surface area contributed by atoms with Crippen molar-refractivity contribution >= 4 is 17.9 Å². The summed E-state index contributed by atoms with van der Waals surface area (Å²) in [5.74, 6) is -6.78. The van der Waals surface area contributed by atoms with Crippen molar-refractivity contribution in [1.82, 2.24) is 10.6 Å². The fraction of sp³-hybridized carbons (Fsp3) is 0.500. The third kappa shape index (κ3) is 1.78. The maximum Gasteiger partial charge on any atom is 0.379 e. The predicted octanol–water partition coefficient (Wildman–Crippen LogP) is -0.650. The van der Waals surface area contributed by atoms with Gasteiger partial charge in [-0.25, -0.2) is 4.79 Å². The number of hydrogen-bond donors (Lipinski definition) is 2.